The van der Waals surface area contributed by atoms with Crippen molar-refractivity contribution in [3.8, 4) is 5.75 Å². The highest BCUT2D eigenvalue weighted by Crippen LogP contribution is 2.23. The minimum absolute atomic E-state index is 0.00438. The Kier molecular flexibility index (Phi) is 5.26. The van der Waals surface area contributed by atoms with Crippen LogP contribution in [0.15, 0.2) is 24.3 Å². The summed E-state index contributed by atoms with van der Waals surface area (Å²) in [6.07, 6.45) is 2.09. The Morgan fingerprint density at radius 1 is 1.55 bits per heavy atom. The molecule has 0 bridgehead atoms. The highest BCUT2D eigenvalue weighted by Gasteiger charge is 2.25. The molecule has 2 unspecified atom stereocenters. The molecule has 1 aromatic rings. The third kappa shape index (κ3) is 3.87. The average Bonchev–Trinajstić information content (AvgIpc) is 2.46. The predicted molar refractivity (Wildman–Crippen MR) is 79.9 cm³/mol. The Labute approximate surface area is 124 Å². The van der Waals surface area contributed by atoms with Gasteiger partial charge in [-0.3, -0.25) is 4.79 Å². The van der Waals surface area contributed by atoms with Gasteiger partial charge in [-0.25, -0.2) is 0 Å². The van der Waals surface area contributed by atoms with Crippen molar-refractivity contribution in [3.63, 3.8) is 0 Å². The first kappa shape index (κ1) is 15.1. The first-order valence-electron chi connectivity index (χ1n) is 6.98. The number of carbonyl (C=O) groups is 1. The van der Waals surface area contributed by atoms with Gasteiger partial charge in [0.15, 0.2) is 6.61 Å². The molecule has 2 N–H and O–H groups in total. The van der Waals surface area contributed by atoms with E-state index >= 15 is 0 Å². The average molecular weight is 297 g/mol. The number of halogens is 1. The number of nitrogens with two attached hydrogens (primary N) is 1. The third-order valence-corrected chi connectivity index (χ3v) is 4.05. The van der Waals surface area contributed by atoms with Gasteiger partial charge in [-0.2, -0.15) is 0 Å². The molecule has 4 nitrogen and oxygen atoms in total. The molecule has 0 aromatic heterocycles. The minimum atomic E-state index is -0.00438. The minimum Gasteiger partial charge on any atom is -0.482 e. The van der Waals surface area contributed by atoms with Gasteiger partial charge in [-0.15, -0.1) is 0 Å². The van der Waals surface area contributed by atoms with Gasteiger partial charge in [0.1, 0.15) is 5.75 Å². The van der Waals surface area contributed by atoms with E-state index in [0.717, 1.165) is 25.9 Å². The van der Waals surface area contributed by atoms with Crippen molar-refractivity contribution in [1.29, 1.82) is 0 Å². The molecule has 1 saturated heterocycles. The van der Waals surface area contributed by atoms with Gasteiger partial charge in [-0.1, -0.05) is 23.7 Å². The van der Waals surface area contributed by atoms with E-state index in [1.165, 1.54) is 0 Å². The fraction of sp³-hybridized carbons (Fsp3) is 0.533. The molecule has 1 heterocycles. The molecule has 1 aromatic carbocycles. The van der Waals surface area contributed by atoms with Crippen LogP contribution in [-0.4, -0.2) is 36.5 Å². The second-order valence-electron chi connectivity index (χ2n) is 5.32. The first-order chi connectivity index (χ1) is 9.58. The summed E-state index contributed by atoms with van der Waals surface area (Å²) < 4.78 is 5.49. The van der Waals surface area contributed by atoms with E-state index in [4.69, 9.17) is 22.1 Å². The van der Waals surface area contributed by atoms with Crippen molar-refractivity contribution >= 4 is 17.5 Å². The number of amides is 1. The van der Waals surface area contributed by atoms with E-state index < -0.39 is 0 Å². The van der Waals surface area contributed by atoms with Gasteiger partial charge in [0.25, 0.3) is 5.91 Å². The van der Waals surface area contributed by atoms with Gasteiger partial charge in [0.05, 0.1) is 5.02 Å². The van der Waals surface area contributed by atoms with Crippen molar-refractivity contribution in [1.82, 2.24) is 4.90 Å². The van der Waals surface area contributed by atoms with Gasteiger partial charge in [-0.05, 0) is 37.8 Å². The Hall–Kier alpha value is -1.26. The van der Waals surface area contributed by atoms with Gasteiger partial charge in [0, 0.05) is 19.1 Å². The van der Waals surface area contributed by atoms with Crippen LogP contribution in [0.2, 0.25) is 5.02 Å². The Balaban J connectivity index is 1.87. The number of carbonyl (C=O) groups excluding carboxylic acids is 1. The van der Waals surface area contributed by atoms with E-state index in [1.807, 2.05) is 24.0 Å². The van der Waals surface area contributed by atoms with Crippen molar-refractivity contribution in [2.75, 3.05) is 19.7 Å². The Morgan fingerprint density at radius 2 is 2.30 bits per heavy atom. The molecule has 2 atom stereocenters. The number of piperidine rings is 1. The molecule has 0 saturated carbocycles. The van der Waals surface area contributed by atoms with Crippen molar-refractivity contribution in [3.05, 3.63) is 29.3 Å². The number of rotatable bonds is 4. The number of para-hydroxylation sites is 1. The highest BCUT2D eigenvalue weighted by molar-refractivity contribution is 6.32. The van der Waals surface area contributed by atoms with Crippen LogP contribution < -0.4 is 10.5 Å². The van der Waals surface area contributed by atoms with Crippen LogP contribution in [0.25, 0.3) is 0 Å². The molecule has 0 aliphatic carbocycles. The molecular formula is C15H21ClN2O2. The lowest BCUT2D eigenvalue weighted by molar-refractivity contribution is -0.135. The first-order valence-corrected chi connectivity index (χ1v) is 7.36. The van der Waals surface area contributed by atoms with E-state index in [9.17, 15) is 4.79 Å². The maximum atomic E-state index is 12.2. The summed E-state index contributed by atoms with van der Waals surface area (Å²) in [5.41, 5.74) is 5.93. The normalized spacial score (nSPS) is 20.6. The summed E-state index contributed by atoms with van der Waals surface area (Å²) in [6, 6.07) is 7.29. The molecule has 1 amide bonds. The maximum Gasteiger partial charge on any atom is 0.260 e. The van der Waals surface area contributed by atoms with E-state index in [0.29, 0.717) is 16.7 Å². The van der Waals surface area contributed by atoms with Crippen LogP contribution >= 0.6 is 11.6 Å². The molecule has 110 valence electrons. The van der Waals surface area contributed by atoms with Crippen LogP contribution in [0, 0.1) is 5.92 Å². The second-order valence-corrected chi connectivity index (χ2v) is 5.73. The van der Waals surface area contributed by atoms with Gasteiger partial charge >= 0.3 is 0 Å². The molecule has 2 rings (SSSR count). The zero-order valence-corrected chi connectivity index (χ0v) is 12.5. The lowest BCUT2D eigenvalue weighted by atomic mass is 9.92. The summed E-state index contributed by atoms with van der Waals surface area (Å²) in [5.74, 6) is 0.923. The lowest BCUT2D eigenvalue weighted by Gasteiger charge is -2.34. The number of hydrogen-bond donors (Lipinski definition) is 1. The third-order valence-electron chi connectivity index (χ3n) is 3.74. The summed E-state index contributed by atoms with van der Waals surface area (Å²) in [5, 5.41) is 0.521. The second kappa shape index (κ2) is 6.95. The lowest BCUT2D eigenvalue weighted by Crippen LogP contribution is -2.46. The summed E-state index contributed by atoms with van der Waals surface area (Å²) >= 11 is 5.99. The van der Waals surface area contributed by atoms with Crippen LogP contribution in [0.5, 0.6) is 5.75 Å². The van der Waals surface area contributed by atoms with Crippen LogP contribution in [0.1, 0.15) is 19.8 Å². The van der Waals surface area contributed by atoms with Crippen LogP contribution in [0.4, 0.5) is 0 Å². The molecule has 1 aliphatic heterocycles. The number of likely N-dealkylation sites (tertiary alicyclic amines) is 1. The largest absolute Gasteiger partial charge is 0.482 e. The van der Waals surface area contributed by atoms with Crippen molar-refractivity contribution in [2.24, 2.45) is 11.7 Å². The van der Waals surface area contributed by atoms with Crippen molar-refractivity contribution < 1.29 is 9.53 Å². The fourth-order valence-corrected chi connectivity index (χ4v) is 2.65. The quantitative estimate of drug-likeness (QED) is 0.927. The maximum absolute atomic E-state index is 12.2. The fourth-order valence-electron chi connectivity index (χ4n) is 2.46. The summed E-state index contributed by atoms with van der Waals surface area (Å²) in [6.45, 7) is 3.53. The molecule has 1 aliphatic rings. The molecule has 1 fully saturated rings. The molecule has 5 heteroatoms. The number of ether oxygens (including phenoxy) is 1. The van der Waals surface area contributed by atoms with Crippen LogP contribution in [0.3, 0.4) is 0 Å². The molecular weight excluding hydrogens is 276 g/mol. The number of benzene rings is 1. The summed E-state index contributed by atoms with van der Waals surface area (Å²) in [4.78, 5) is 14.0. The molecule has 0 spiro atoms. The number of nitrogens with zero attached hydrogens (tertiary/aromatic N) is 1. The standard InChI is InChI=1S/C15H21ClN2O2/c1-11(17)12-5-4-8-18(9-12)15(19)10-20-14-7-3-2-6-13(14)16/h2-3,6-7,11-12H,4-5,8-10,17H2,1H3. The highest BCUT2D eigenvalue weighted by atomic mass is 35.5. The predicted octanol–water partition coefficient (Wildman–Crippen LogP) is 2.30. The van der Waals surface area contributed by atoms with Crippen molar-refractivity contribution in [2.45, 2.75) is 25.8 Å². The zero-order valence-electron chi connectivity index (χ0n) is 11.7. The van der Waals surface area contributed by atoms with Gasteiger partial charge < -0.3 is 15.4 Å². The SMILES string of the molecule is CC(N)C1CCCN(C(=O)COc2ccccc2Cl)C1. The smallest absolute Gasteiger partial charge is 0.260 e. The molecule has 0 radical (unpaired) electrons. The number of hydrogen-bond acceptors (Lipinski definition) is 3. The van der Waals surface area contributed by atoms with Gasteiger partial charge in [0.2, 0.25) is 0 Å². The monoisotopic (exact) mass is 296 g/mol. The summed E-state index contributed by atoms with van der Waals surface area (Å²) in [7, 11) is 0. The molecule has 20 heavy (non-hydrogen) atoms. The van der Waals surface area contributed by atoms with E-state index in [-0.39, 0.29) is 18.6 Å². The topological polar surface area (TPSA) is 55.6 Å². The Bertz CT molecular complexity index is 465. The van der Waals surface area contributed by atoms with E-state index in [2.05, 4.69) is 0 Å². The Morgan fingerprint density at radius 3 is 3.00 bits per heavy atom. The zero-order chi connectivity index (χ0) is 14.5. The van der Waals surface area contributed by atoms with E-state index in [1.54, 1.807) is 12.1 Å². The van der Waals surface area contributed by atoms with Crippen LogP contribution in [-0.2, 0) is 4.79 Å².